The number of hydrogen-bond acceptors (Lipinski definition) is 4. The molecule has 1 atom stereocenters. The Morgan fingerprint density at radius 3 is 2.68 bits per heavy atom. The summed E-state index contributed by atoms with van der Waals surface area (Å²) >= 11 is 5.84. The second-order valence-electron chi connectivity index (χ2n) is 3.59. The smallest absolute Gasteiger partial charge is 0.334 e. The number of carboxylic acid groups (broad SMARTS) is 1. The highest BCUT2D eigenvalue weighted by Gasteiger charge is 2.17. The second-order valence-corrected chi connectivity index (χ2v) is 3.99. The Morgan fingerprint density at radius 2 is 2.11 bits per heavy atom. The topological polar surface area (TPSA) is 84.9 Å². The van der Waals surface area contributed by atoms with Gasteiger partial charge >= 0.3 is 5.97 Å². The van der Waals surface area contributed by atoms with Crippen molar-refractivity contribution in [3.05, 3.63) is 29.3 Å². The first kappa shape index (κ1) is 15.3. The van der Waals surface area contributed by atoms with Crippen LogP contribution in [0.25, 0.3) is 0 Å². The van der Waals surface area contributed by atoms with Gasteiger partial charge in [-0.15, -0.1) is 0 Å². The number of aliphatic carboxylic acids is 1. The molecule has 0 aliphatic heterocycles. The van der Waals surface area contributed by atoms with Gasteiger partial charge in [0.15, 0.2) is 12.7 Å². The summed E-state index contributed by atoms with van der Waals surface area (Å²) in [6, 6.07) is 6.74. The molecule has 1 aromatic carbocycles. The fourth-order valence-electron chi connectivity index (χ4n) is 1.23. The highest BCUT2D eigenvalue weighted by molar-refractivity contribution is 6.32. The van der Waals surface area contributed by atoms with Crippen molar-refractivity contribution < 1.29 is 24.2 Å². The summed E-state index contributed by atoms with van der Waals surface area (Å²) in [6.45, 7) is -0.379. The molecule has 2 N–H and O–H groups in total. The molecule has 0 heterocycles. The van der Waals surface area contributed by atoms with Gasteiger partial charge in [-0.2, -0.15) is 0 Å². The molecule has 0 aromatic heterocycles. The van der Waals surface area contributed by atoms with Gasteiger partial charge in [0, 0.05) is 7.11 Å². The molecule has 7 heteroatoms. The molecule has 0 saturated carbocycles. The lowest BCUT2D eigenvalue weighted by Crippen LogP contribution is -2.39. The number of carbonyl (C=O) groups excluding carboxylic acids is 1. The molecule has 0 fully saturated rings. The van der Waals surface area contributed by atoms with Crippen molar-refractivity contribution in [3.63, 3.8) is 0 Å². The van der Waals surface area contributed by atoms with Crippen LogP contribution in [0, 0.1) is 0 Å². The van der Waals surface area contributed by atoms with Crippen LogP contribution in [-0.4, -0.2) is 43.3 Å². The van der Waals surface area contributed by atoms with Crippen molar-refractivity contribution in [1.82, 2.24) is 5.32 Å². The molecule has 6 nitrogen and oxygen atoms in total. The van der Waals surface area contributed by atoms with Crippen molar-refractivity contribution in [2.24, 2.45) is 0 Å². The fraction of sp³-hybridized carbons (Fsp3) is 0.333. The number of hydrogen-bond donors (Lipinski definition) is 2. The largest absolute Gasteiger partial charge is 0.482 e. The summed E-state index contributed by atoms with van der Waals surface area (Å²) in [4.78, 5) is 22.1. The maximum absolute atomic E-state index is 11.4. The summed E-state index contributed by atoms with van der Waals surface area (Å²) in [5.74, 6) is -1.21. The van der Waals surface area contributed by atoms with E-state index in [1.165, 1.54) is 7.11 Å². The Hall–Kier alpha value is -1.79. The molecule has 1 aromatic rings. The first-order chi connectivity index (χ1) is 9.04. The zero-order chi connectivity index (χ0) is 14.3. The maximum Gasteiger partial charge on any atom is 0.334 e. The predicted octanol–water partition coefficient (Wildman–Crippen LogP) is 0.935. The lowest BCUT2D eigenvalue weighted by atomic mass is 10.3. The lowest BCUT2D eigenvalue weighted by Gasteiger charge is -2.12. The number of carbonyl (C=O) groups is 2. The summed E-state index contributed by atoms with van der Waals surface area (Å²) in [7, 11) is 1.26. The van der Waals surface area contributed by atoms with Crippen molar-refractivity contribution in [3.8, 4) is 5.75 Å². The van der Waals surface area contributed by atoms with Crippen molar-refractivity contribution >= 4 is 23.5 Å². The van der Waals surface area contributed by atoms with Crippen molar-refractivity contribution in [1.29, 1.82) is 0 Å². The molecule has 1 rings (SSSR count). The van der Waals surface area contributed by atoms with Crippen LogP contribution in [0.3, 0.4) is 0 Å². The minimum absolute atomic E-state index is 0.128. The standard InChI is InChI=1S/C12H14ClNO5/c1-18-10(12(16)17)6-14-11(15)7-19-9-5-3-2-4-8(9)13/h2-5,10H,6-7H2,1H3,(H,14,15)(H,16,17). The van der Waals surface area contributed by atoms with Crippen LogP contribution < -0.4 is 10.1 Å². The van der Waals surface area contributed by atoms with E-state index in [-0.39, 0.29) is 13.2 Å². The molecule has 0 bridgehead atoms. The van der Waals surface area contributed by atoms with Crippen molar-refractivity contribution in [2.45, 2.75) is 6.10 Å². The van der Waals surface area contributed by atoms with Gasteiger partial charge < -0.3 is 19.9 Å². The highest BCUT2D eigenvalue weighted by Crippen LogP contribution is 2.22. The number of methoxy groups -OCH3 is 1. The van der Waals surface area contributed by atoms with E-state index in [1.54, 1.807) is 24.3 Å². The van der Waals surface area contributed by atoms with Crippen LogP contribution in [0.1, 0.15) is 0 Å². The quantitative estimate of drug-likeness (QED) is 0.779. The molecule has 0 aliphatic rings. The number of benzene rings is 1. The van der Waals surface area contributed by atoms with Gasteiger partial charge in [-0.1, -0.05) is 23.7 Å². The molecule has 19 heavy (non-hydrogen) atoms. The number of ether oxygens (including phenoxy) is 2. The van der Waals surface area contributed by atoms with Crippen LogP contribution >= 0.6 is 11.6 Å². The Balaban J connectivity index is 2.36. The molecular weight excluding hydrogens is 274 g/mol. The summed E-state index contributed by atoms with van der Waals surface area (Å²) < 4.78 is 9.86. The lowest BCUT2D eigenvalue weighted by molar-refractivity contribution is -0.148. The van der Waals surface area contributed by atoms with E-state index in [0.717, 1.165) is 0 Å². The minimum Gasteiger partial charge on any atom is -0.482 e. The Bertz CT molecular complexity index is 452. The third-order valence-corrected chi connectivity index (χ3v) is 2.55. The van der Waals surface area contributed by atoms with Crippen LogP contribution in [0.4, 0.5) is 0 Å². The number of carboxylic acids is 1. The van der Waals surface area contributed by atoms with E-state index in [9.17, 15) is 9.59 Å². The first-order valence-corrected chi connectivity index (χ1v) is 5.82. The third-order valence-electron chi connectivity index (χ3n) is 2.24. The second kappa shape index (κ2) is 7.60. The number of halogens is 1. The molecule has 0 radical (unpaired) electrons. The minimum atomic E-state index is -1.14. The summed E-state index contributed by atoms with van der Waals surface area (Å²) in [6.07, 6.45) is -1.08. The molecule has 0 saturated heterocycles. The summed E-state index contributed by atoms with van der Waals surface area (Å²) in [5.41, 5.74) is 0. The number of para-hydroxylation sites is 1. The van der Waals surface area contributed by atoms with Gasteiger partial charge in [0.05, 0.1) is 11.6 Å². The number of amides is 1. The molecular formula is C12H14ClNO5. The van der Waals surface area contributed by atoms with E-state index in [2.05, 4.69) is 10.1 Å². The Morgan fingerprint density at radius 1 is 1.42 bits per heavy atom. The molecule has 1 amide bonds. The fourth-order valence-corrected chi connectivity index (χ4v) is 1.42. The average Bonchev–Trinajstić information content (AvgIpc) is 2.38. The first-order valence-electron chi connectivity index (χ1n) is 5.44. The van der Waals surface area contributed by atoms with E-state index < -0.39 is 18.0 Å². The van der Waals surface area contributed by atoms with E-state index >= 15 is 0 Å². The van der Waals surface area contributed by atoms with Gasteiger partial charge in [-0.25, -0.2) is 4.79 Å². The van der Waals surface area contributed by atoms with Gasteiger partial charge in [0.25, 0.3) is 5.91 Å². The third kappa shape index (κ3) is 5.15. The summed E-state index contributed by atoms with van der Waals surface area (Å²) in [5, 5.41) is 11.5. The molecule has 104 valence electrons. The zero-order valence-electron chi connectivity index (χ0n) is 10.3. The Labute approximate surface area is 115 Å². The van der Waals surface area contributed by atoms with Gasteiger partial charge in [-0.05, 0) is 12.1 Å². The monoisotopic (exact) mass is 287 g/mol. The number of nitrogens with one attached hydrogen (secondary N) is 1. The molecule has 0 aliphatic carbocycles. The van der Waals surface area contributed by atoms with Crippen LogP contribution in [0.2, 0.25) is 5.02 Å². The van der Waals surface area contributed by atoms with Crippen LogP contribution in [-0.2, 0) is 14.3 Å². The van der Waals surface area contributed by atoms with E-state index in [0.29, 0.717) is 10.8 Å². The van der Waals surface area contributed by atoms with Gasteiger partial charge in [0.1, 0.15) is 5.75 Å². The van der Waals surface area contributed by atoms with Crippen LogP contribution in [0.15, 0.2) is 24.3 Å². The van der Waals surface area contributed by atoms with Crippen molar-refractivity contribution in [2.75, 3.05) is 20.3 Å². The van der Waals surface area contributed by atoms with Gasteiger partial charge in [0.2, 0.25) is 0 Å². The molecule has 0 spiro atoms. The number of rotatable bonds is 7. The highest BCUT2D eigenvalue weighted by atomic mass is 35.5. The average molecular weight is 288 g/mol. The Kier molecular flexibility index (Phi) is 6.11. The van der Waals surface area contributed by atoms with E-state index in [1.807, 2.05) is 0 Å². The van der Waals surface area contributed by atoms with E-state index in [4.69, 9.17) is 21.4 Å². The van der Waals surface area contributed by atoms with Crippen LogP contribution in [0.5, 0.6) is 5.75 Å². The molecule has 1 unspecified atom stereocenters. The SMILES string of the molecule is COC(CNC(=O)COc1ccccc1Cl)C(=O)O. The maximum atomic E-state index is 11.4. The normalized spacial score (nSPS) is 11.7. The zero-order valence-corrected chi connectivity index (χ0v) is 11.0. The predicted molar refractivity (Wildman–Crippen MR) is 68.4 cm³/mol. The van der Waals surface area contributed by atoms with Gasteiger partial charge in [-0.3, -0.25) is 4.79 Å².